The van der Waals surface area contributed by atoms with E-state index >= 15 is 0 Å². The molecule has 5 heteroatoms. The summed E-state index contributed by atoms with van der Waals surface area (Å²) in [5.74, 6) is 0.536. The summed E-state index contributed by atoms with van der Waals surface area (Å²) in [7, 11) is 1.38. The van der Waals surface area contributed by atoms with E-state index in [4.69, 9.17) is 4.74 Å². The van der Waals surface area contributed by atoms with Crippen molar-refractivity contribution in [2.24, 2.45) is 5.41 Å². The number of benzene rings is 1. The van der Waals surface area contributed by atoms with Gasteiger partial charge in [-0.2, -0.15) is 0 Å². The van der Waals surface area contributed by atoms with Gasteiger partial charge in [0.15, 0.2) is 0 Å². The molecule has 2 aromatic rings. The van der Waals surface area contributed by atoms with Crippen LogP contribution in [0.15, 0.2) is 42.6 Å². The number of hydrogen-bond donors (Lipinski definition) is 0. The zero-order chi connectivity index (χ0) is 17.4. The Labute approximate surface area is 146 Å². The smallest absolute Gasteiger partial charge is 0.337 e. The second-order valence-electron chi connectivity index (χ2n) is 6.83. The summed E-state index contributed by atoms with van der Waals surface area (Å²) in [6.07, 6.45) is 4.92. The molecule has 0 saturated carbocycles. The maximum atomic E-state index is 13.2. The molecule has 4 rings (SSSR count). The number of pyridine rings is 1. The van der Waals surface area contributed by atoms with Crippen molar-refractivity contribution in [1.82, 2.24) is 4.98 Å². The Kier molecular flexibility index (Phi) is 3.79. The number of ether oxygens (including phenoxy) is 1. The second-order valence-corrected chi connectivity index (χ2v) is 6.83. The van der Waals surface area contributed by atoms with E-state index in [1.54, 1.807) is 17.2 Å². The molecule has 2 aliphatic rings. The topological polar surface area (TPSA) is 59.5 Å². The third kappa shape index (κ3) is 2.60. The van der Waals surface area contributed by atoms with Gasteiger partial charge >= 0.3 is 5.97 Å². The van der Waals surface area contributed by atoms with Crippen LogP contribution in [0.2, 0.25) is 0 Å². The third-order valence-corrected chi connectivity index (χ3v) is 5.47. The van der Waals surface area contributed by atoms with Crippen LogP contribution in [-0.4, -0.2) is 30.5 Å². The zero-order valence-corrected chi connectivity index (χ0v) is 14.2. The predicted octanol–water partition coefficient (Wildman–Crippen LogP) is 2.78. The highest BCUT2D eigenvalue weighted by Gasteiger charge is 2.48. The summed E-state index contributed by atoms with van der Waals surface area (Å²) in [4.78, 5) is 31.1. The largest absolute Gasteiger partial charge is 0.465 e. The quantitative estimate of drug-likeness (QED) is 0.791. The van der Waals surface area contributed by atoms with Crippen LogP contribution in [0.4, 0.5) is 5.82 Å². The number of aromatic nitrogens is 1. The maximum Gasteiger partial charge on any atom is 0.337 e. The minimum atomic E-state index is -0.376. The van der Waals surface area contributed by atoms with E-state index < -0.39 is 0 Å². The number of hydrogen-bond acceptors (Lipinski definition) is 4. The highest BCUT2D eigenvalue weighted by Crippen LogP contribution is 2.44. The van der Waals surface area contributed by atoms with Gasteiger partial charge in [0.25, 0.3) is 0 Å². The van der Waals surface area contributed by atoms with Gasteiger partial charge in [-0.1, -0.05) is 12.1 Å². The van der Waals surface area contributed by atoms with Crippen LogP contribution in [0.1, 0.15) is 34.3 Å². The van der Waals surface area contributed by atoms with Gasteiger partial charge < -0.3 is 4.74 Å². The van der Waals surface area contributed by atoms with Gasteiger partial charge in [0.2, 0.25) is 5.91 Å². The van der Waals surface area contributed by atoms with Crippen LogP contribution in [0, 0.1) is 5.41 Å². The fraction of sp³-hybridized carbons (Fsp3) is 0.350. The van der Waals surface area contributed by atoms with Crippen molar-refractivity contribution in [2.45, 2.75) is 25.7 Å². The molecule has 1 aliphatic carbocycles. The number of nitrogens with zero attached hydrogens (tertiary/aromatic N) is 2. The Morgan fingerprint density at radius 3 is 2.84 bits per heavy atom. The molecule has 1 aromatic carbocycles. The summed E-state index contributed by atoms with van der Waals surface area (Å²) >= 11 is 0. The van der Waals surface area contributed by atoms with E-state index in [0.717, 1.165) is 30.6 Å². The van der Waals surface area contributed by atoms with Gasteiger partial charge in [0.1, 0.15) is 5.82 Å². The summed E-state index contributed by atoms with van der Waals surface area (Å²) in [6.45, 7) is 0.696. The first kappa shape index (κ1) is 15.8. The van der Waals surface area contributed by atoms with Gasteiger partial charge in [0, 0.05) is 12.7 Å². The first-order valence-corrected chi connectivity index (χ1v) is 8.56. The fourth-order valence-corrected chi connectivity index (χ4v) is 4.05. The molecule has 1 aromatic heterocycles. The van der Waals surface area contributed by atoms with E-state index in [0.29, 0.717) is 18.5 Å². The molecule has 1 amide bonds. The molecule has 25 heavy (non-hydrogen) atoms. The minimum Gasteiger partial charge on any atom is -0.465 e. The van der Waals surface area contributed by atoms with Crippen LogP contribution in [0.5, 0.6) is 0 Å². The van der Waals surface area contributed by atoms with Crippen LogP contribution in [0.25, 0.3) is 0 Å². The SMILES string of the molecule is COC(=O)c1ccc2c(c1)C[C@@]1(CC2)CCN(c2ccccn2)C1=O. The normalized spacial score (nSPS) is 22.1. The molecule has 0 unspecified atom stereocenters. The number of carbonyl (C=O) groups excluding carboxylic acids is 2. The molecule has 0 N–H and O–H groups in total. The second kappa shape index (κ2) is 5.99. The molecule has 0 bridgehead atoms. The molecule has 0 radical (unpaired) electrons. The fourth-order valence-electron chi connectivity index (χ4n) is 4.05. The molecular weight excluding hydrogens is 316 g/mol. The average Bonchev–Trinajstić information content (AvgIpc) is 2.97. The number of carbonyl (C=O) groups is 2. The van der Waals surface area contributed by atoms with E-state index in [-0.39, 0.29) is 17.3 Å². The Hall–Kier alpha value is -2.69. The lowest BCUT2D eigenvalue weighted by Gasteiger charge is -2.33. The third-order valence-electron chi connectivity index (χ3n) is 5.47. The van der Waals surface area contributed by atoms with Crippen LogP contribution < -0.4 is 4.90 Å². The number of methoxy groups -OCH3 is 1. The maximum absolute atomic E-state index is 13.2. The van der Waals surface area contributed by atoms with Gasteiger partial charge in [-0.25, -0.2) is 9.78 Å². The first-order chi connectivity index (χ1) is 12.1. The van der Waals surface area contributed by atoms with Gasteiger partial charge in [-0.15, -0.1) is 0 Å². The zero-order valence-electron chi connectivity index (χ0n) is 14.2. The van der Waals surface area contributed by atoms with Crippen molar-refractivity contribution in [3.8, 4) is 0 Å². The van der Waals surface area contributed by atoms with Crippen LogP contribution >= 0.6 is 0 Å². The Morgan fingerprint density at radius 2 is 2.08 bits per heavy atom. The predicted molar refractivity (Wildman–Crippen MR) is 93.4 cm³/mol. The number of anilines is 1. The Morgan fingerprint density at radius 1 is 1.20 bits per heavy atom. The van der Waals surface area contributed by atoms with E-state index in [1.165, 1.54) is 12.7 Å². The van der Waals surface area contributed by atoms with Gasteiger partial charge in [-0.3, -0.25) is 9.69 Å². The summed E-state index contributed by atoms with van der Waals surface area (Å²) in [6, 6.07) is 11.3. The highest BCUT2D eigenvalue weighted by atomic mass is 16.5. The molecule has 2 heterocycles. The van der Waals surface area contributed by atoms with Crippen LogP contribution in [0.3, 0.4) is 0 Å². The first-order valence-electron chi connectivity index (χ1n) is 8.56. The van der Waals surface area contributed by atoms with Crippen molar-refractivity contribution in [3.05, 3.63) is 59.3 Å². The molecule has 5 nitrogen and oxygen atoms in total. The van der Waals surface area contributed by atoms with Crippen molar-refractivity contribution < 1.29 is 14.3 Å². The van der Waals surface area contributed by atoms with E-state index in [2.05, 4.69) is 4.98 Å². The number of esters is 1. The molecule has 1 atom stereocenters. The van der Waals surface area contributed by atoms with Crippen molar-refractivity contribution in [3.63, 3.8) is 0 Å². The van der Waals surface area contributed by atoms with Crippen molar-refractivity contribution >= 4 is 17.7 Å². The summed E-state index contributed by atoms with van der Waals surface area (Å²) in [5, 5.41) is 0. The Balaban J connectivity index is 1.63. The molecule has 1 fully saturated rings. The lowest BCUT2D eigenvalue weighted by atomic mass is 9.70. The van der Waals surface area contributed by atoms with E-state index in [9.17, 15) is 9.59 Å². The van der Waals surface area contributed by atoms with Gasteiger partial charge in [-0.05, 0) is 61.1 Å². The highest BCUT2D eigenvalue weighted by molar-refractivity contribution is 5.99. The summed E-state index contributed by atoms with van der Waals surface area (Å²) < 4.78 is 4.82. The van der Waals surface area contributed by atoms with Crippen molar-refractivity contribution in [2.75, 3.05) is 18.6 Å². The minimum absolute atomic E-state index is 0.153. The molecule has 1 spiro atoms. The standard InChI is InChI=1S/C20H20N2O3/c1-25-18(23)15-6-5-14-7-8-20(13-16(14)12-15)9-11-22(19(20)24)17-4-2-3-10-21-17/h2-6,10,12H,7-9,11,13H2,1H3/t20-/m1/s1. The lowest BCUT2D eigenvalue weighted by Crippen LogP contribution is -2.39. The number of amides is 1. The lowest BCUT2D eigenvalue weighted by molar-refractivity contribution is -0.126. The number of fused-ring (bicyclic) bond motifs is 1. The Bertz CT molecular complexity index is 834. The number of aryl methyl sites for hydroxylation is 1. The monoisotopic (exact) mass is 336 g/mol. The number of rotatable bonds is 2. The summed E-state index contributed by atoms with van der Waals surface area (Å²) in [5.41, 5.74) is 2.48. The van der Waals surface area contributed by atoms with Gasteiger partial charge in [0.05, 0.1) is 18.1 Å². The molecule has 128 valence electrons. The molecule has 1 aliphatic heterocycles. The average molecular weight is 336 g/mol. The molecule has 1 saturated heterocycles. The van der Waals surface area contributed by atoms with E-state index in [1.807, 2.05) is 30.3 Å². The molecular formula is C20H20N2O3. The van der Waals surface area contributed by atoms with Crippen LogP contribution in [-0.2, 0) is 22.4 Å². The van der Waals surface area contributed by atoms with Crippen molar-refractivity contribution in [1.29, 1.82) is 0 Å².